The Kier molecular flexibility index (Phi) is 10.8. The predicted molar refractivity (Wildman–Crippen MR) is 148 cm³/mol. The fourth-order valence-electron chi connectivity index (χ4n) is 4.67. The van der Waals surface area contributed by atoms with Gasteiger partial charge in [-0.15, -0.1) is 11.8 Å². The number of aryl methyl sites for hydroxylation is 1. The van der Waals surface area contributed by atoms with E-state index in [1.165, 1.54) is 4.90 Å². The molecule has 0 saturated carbocycles. The highest BCUT2D eigenvalue weighted by molar-refractivity contribution is 7.99. The first kappa shape index (κ1) is 29.8. The number of hydrogen-bond donors (Lipinski definition) is 2. The molecule has 2 aromatic rings. The van der Waals surface area contributed by atoms with Crippen molar-refractivity contribution < 1.29 is 28.6 Å². The van der Waals surface area contributed by atoms with Crippen LogP contribution in [-0.2, 0) is 25.5 Å². The minimum Gasteiger partial charge on any atom is -0.480 e. The maximum absolute atomic E-state index is 14.0. The van der Waals surface area contributed by atoms with E-state index in [2.05, 4.69) is 5.32 Å². The highest BCUT2D eigenvalue weighted by atomic mass is 32.2. The highest BCUT2D eigenvalue weighted by Crippen LogP contribution is 2.37. The van der Waals surface area contributed by atoms with E-state index >= 15 is 0 Å². The van der Waals surface area contributed by atoms with E-state index in [4.69, 9.17) is 9.15 Å². The van der Waals surface area contributed by atoms with Gasteiger partial charge in [0.25, 0.3) is 0 Å². The summed E-state index contributed by atoms with van der Waals surface area (Å²) in [6.07, 6.45) is 5.97. The number of esters is 1. The molecule has 208 valence electrons. The Hall–Kier alpha value is -2.78. The van der Waals surface area contributed by atoms with Gasteiger partial charge >= 0.3 is 11.9 Å². The number of rotatable bonds is 12. The Morgan fingerprint density at radius 2 is 1.97 bits per heavy atom. The second-order valence-electron chi connectivity index (χ2n) is 10.8. The largest absolute Gasteiger partial charge is 0.480 e. The first-order valence-electron chi connectivity index (χ1n) is 13.3. The normalized spacial score (nSPS) is 20.0. The van der Waals surface area contributed by atoms with Gasteiger partial charge in [-0.05, 0) is 36.3 Å². The lowest BCUT2D eigenvalue weighted by molar-refractivity contribution is -0.156. The molecule has 1 fully saturated rings. The summed E-state index contributed by atoms with van der Waals surface area (Å²) in [5.41, 5.74) is 1.28. The van der Waals surface area contributed by atoms with Crippen molar-refractivity contribution >= 4 is 29.6 Å². The van der Waals surface area contributed by atoms with Crippen LogP contribution in [-0.4, -0.2) is 64.9 Å². The molecule has 4 unspecified atom stereocenters. The SMILES string of the molecule is CCCCOC(=O)C(CCc1ccccc1)NC1CSC(c2ccoc2)CN(C(C(=O)O)C(C)(C)C)C1=O. The quantitative estimate of drug-likeness (QED) is 0.292. The lowest BCUT2D eigenvalue weighted by Gasteiger charge is -2.39. The number of carboxylic acid groups (broad SMARTS) is 1. The summed E-state index contributed by atoms with van der Waals surface area (Å²) in [4.78, 5) is 41.0. The fourth-order valence-corrected chi connectivity index (χ4v) is 5.93. The molecular formula is C29H40N2O6S. The Morgan fingerprint density at radius 3 is 2.58 bits per heavy atom. The van der Waals surface area contributed by atoms with Crippen molar-refractivity contribution in [3.63, 3.8) is 0 Å². The third-order valence-corrected chi connectivity index (χ3v) is 8.03. The van der Waals surface area contributed by atoms with Gasteiger partial charge in [-0.2, -0.15) is 0 Å². The number of hydrogen-bond acceptors (Lipinski definition) is 7. The smallest absolute Gasteiger partial charge is 0.326 e. The number of amides is 1. The molecule has 8 nitrogen and oxygen atoms in total. The van der Waals surface area contributed by atoms with Crippen LogP contribution in [0.4, 0.5) is 0 Å². The number of nitrogens with one attached hydrogen (secondary N) is 1. The first-order chi connectivity index (χ1) is 18.1. The van der Waals surface area contributed by atoms with E-state index in [-0.39, 0.29) is 23.7 Å². The van der Waals surface area contributed by atoms with Crippen LogP contribution in [0, 0.1) is 5.41 Å². The van der Waals surface area contributed by atoms with E-state index in [0.717, 1.165) is 24.0 Å². The van der Waals surface area contributed by atoms with Crippen molar-refractivity contribution in [2.24, 2.45) is 5.41 Å². The number of carbonyl (C=O) groups is 3. The Labute approximate surface area is 229 Å². The molecule has 9 heteroatoms. The van der Waals surface area contributed by atoms with Crippen molar-refractivity contribution in [1.29, 1.82) is 0 Å². The second-order valence-corrected chi connectivity index (χ2v) is 12.0. The van der Waals surface area contributed by atoms with Gasteiger partial charge in [0.2, 0.25) is 5.91 Å². The summed E-state index contributed by atoms with van der Waals surface area (Å²) >= 11 is 1.56. The van der Waals surface area contributed by atoms with Gasteiger partial charge < -0.3 is 19.2 Å². The third-order valence-electron chi connectivity index (χ3n) is 6.68. The average molecular weight is 545 g/mol. The van der Waals surface area contributed by atoms with Gasteiger partial charge in [-0.1, -0.05) is 64.4 Å². The predicted octanol–water partition coefficient (Wildman–Crippen LogP) is 4.70. The van der Waals surface area contributed by atoms with Crippen LogP contribution in [0.5, 0.6) is 0 Å². The number of benzene rings is 1. The molecule has 0 bridgehead atoms. The molecule has 0 spiro atoms. The summed E-state index contributed by atoms with van der Waals surface area (Å²) in [7, 11) is 0. The minimum absolute atomic E-state index is 0.159. The number of aliphatic carboxylic acids is 1. The van der Waals surface area contributed by atoms with Crippen LogP contribution in [0.15, 0.2) is 53.3 Å². The molecule has 1 aromatic carbocycles. The Morgan fingerprint density at radius 1 is 1.24 bits per heavy atom. The van der Waals surface area contributed by atoms with Crippen molar-refractivity contribution in [3.05, 3.63) is 60.1 Å². The van der Waals surface area contributed by atoms with E-state index < -0.39 is 29.5 Å². The first-order valence-corrected chi connectivity index (χ1v) is 14.3. The number of ether oxygens (including phenoxy) is 1. The third kappa shape index (κ3) is 8.11. The lowest BCUT2D eigenvalue weighted by atomic mass is 9.85. The van der Waals surface area contributed by atoms with Gasteiger partial charge in [-0.3, -0.25) is 14.9 Å². The van der Waals surface area contributed by atoms with Crippen molar-refractivity contribution in [2.75, 3.05) is 18.9 Å². The number of carbonyl (C=O) groups excluding carboxylic acids is 2. The lowest BCUT2D eigenvalue weighted by Crippen LogP contribution is -2.59. The van der Waals surface area contributed by atoms with E-state index in [1.54, 1.807) is 24.3 Å². The average Bonchev–Trinajstić information content (AvgIpc) is 3.36. The molecule has 1 aliphatic rings. The Balaban J connectivity index is 1.87. The number of carboxylic acids is 1. The zero-order chi connectivity index (χ0) is 27.7. The number of nitrogens with zero attached hydrogens (tertiary/aromatic N) is 1. The maximum Gasteiger partial charge on any atom is 0.326 e. The highest BCUT2D eigenvalue weighted by Gasteiger charge is 2.44. The molecule has 3 rings (SSSR count). The standard InChI is InChI=1S/C29H40N2O6S/c1-5-6-15-37-28(35)22(13-12-20-10-8-7-9-11-20)30-23-19-38-24(21-14-16-36-18-21)17-31(26(23)32)25(27(33)34)29(2,3)4/h7-11,14,16,18,22-25,30H,5-6,12-13,15,17,19H2,1-4H3,(H,33,34). The topological polar surface area (TPSA) is 109 Å². The summed E-state index contributed by atoms with van der Waals surface area (Å²) in [5.74, 6) is -1.38. The van der Waals surface area contributed by atoms with Crippen LogP contribution >= 0.6 is 11.8 Å². The molecule has 4 atom stereocenters. The second kappa shape index (κ2) is 13.8. The number of unbranched alkanes of at least 4 members (excludes halogenated alkanes) is 1. The fraction of sp³-hybridized carbons (Fsp3) is 0.552. The monoisotopic (exact) mass is 544 g/mol. The minimum atomic E-state index is -1.05. The molecule has 0 radical (unpaired) electrons. The molecule has 1 aromatic heterocycles. The summed E-state index contributed by atoms with van der Waals surface area (Å²) in [6.45, 7) is 8.04. The molecule has 2 heterocycles. The zero-order valence-electron chi connectivity index (χ0n) is 22.7. The Bertz CT molecular complexity index is 1040. The van der Waals surface area contributed by atoms with Gasteiger partial charge in [0.1, 0.15) is 12.1 Å². The number of furan rings is 1. The van der Waals surface area contributed by atoms with Crippen LogP contribution in [0.25, 0.3) is 0 Å². The van der Waals surface area contributed by atoms with Crippen molar-refractivity contribution in [1.82, 2.24) is 10.2 Å². The van der Waals surface area contributed by atoms with Crippen LogP contribution in [0.1, 0.15) is 63.3 Å². The van der Waals surface area contributed by atoms with Crippen LogP contribution in [0.2, 0.25) is 0 Å². The van der Waals surface area contributed by atoms with Gasteiger partial charge in [0.05, 0.1) is 30.4 Å². The molecule has 1 aliphatic heterocycles. The van der Waals surface area contributed by atoms with Gasteiger partial charge in [-0.25, -0.2) is 4.79 Å². The van der Waals surface area contributed by atoms with Crippen LogP contribution in [0.3, 0.4) is 0 Å². The van der Waals surface area contributed by atoms with E-state index in [9.17, 15) is 19.5 Å². The molecule has 0 aliphatic carbocycles. The van der Waals surface area contributed by atoms with Crippen molar-refractivity contribution in [2.45, 2.75) is 76.8 Å². The molecule has 1 saturated heterocycles. The molecule has 1 amide bonds. The van der Waals surface area contributed by atoms with Crippen LogP contribution < -0.4 is 5.32 Å². The summed E-state index contributed by atoms with van der Waals surface area (Å²) < 4.78 is 10.8. The molecular weight excluding hydrogens is 504 g/mol. The number of thioether (sulfide) groups is 1. The molecule has 38 heavy (non-hydrogen) atoms. The maximum atomic E-state index is 14.0. The van der Waals surface area contributed by atoms with E-state index in [0.29, 0.717) is 25.2 Å². The van der Waals surface area contributed by atoms with E-state index in [1.807, 2.05) is 64.1 Å². The molecule has 2 N–H and O–H groups in total. The van der Waals surface area contributed by atoms with Gasteiger partial charge in [0.15, 0.2) is 0 Å². The summed E-state index contributed by atoms with van der Waals surface area (Å²) in [6, 6.07) is 9.21. The van der Waals surface area contributed by atoms with Crippen molar-refractivity contribution in [3.8, 4) is 0 Å². The van der Waals surface area contributed by atoms with Gasteiger partial charge in [0, 0.05) is 17.9 Å². The summed E-state index contributed by atoms with van der Waals surface area (Å²) in [5, 5.41) is 13.3. The zero-order valence-corrected chi connectivity index (χ0v) is 23.5.